The Labute approximate surface area is 184 Å². The predicted molar refractivity (Wildman–Crippen MR) is 122 cm³/mol. The van der Waals surface area contributed by atoms with Crippen LogP contribution in [0.1, 0.15) is 39.5 Å². The first-order valence-electron chi connectivity index (χ1n) is 9.01. The van der Waals surface area contributed by atoms with Gasteiger partial charge in [0.25, 0.3) is 5.69 Å². The molecule has 1 atom stereocenters. The first-order valence-corrected chi connectivity index (χ1v) is 10.5. The summed E-state index contributed by atoms with van der Waals surface area (Å²) in [5.74, 6) is 0.605. The van der Waals surface area contributed by atoms with Crippen LogP contribution < -0.4 is 15.4 Å². The van der Waals surface area contributed by atoms with Gasteiger partial charge in [-0.3, -0.25) is 15.1 Å². The number of unbranched alkanes of at least 4 members (excludes halogenated alkanes) is 2. The van der Waals surface area contributed by atoms with E-state index in [1.165, 1.54) is 31.0 Å². The molecule has 160 valence electrons. The number of guanidine groups is 1. The van der Waals surface area contributed by atoms with Gasteiger partial charge >= 0.3 is 0 Å². The highest BCUT2D eigenvalue weighted by molar-refractivity contribution is 14.0. The molecular weight excluding hydrogens is 497 g/mol. The van der Waals surface area contributed by atoms with Crippen molar-refractivity contribution in [3.8, 4) is 0 Å². The van der Waals surface area contributed by atoms with Crippen molar-refractivity contribution in [2.75, 3.05) is 20.1 Å². The molecule has 11 heteroatoms. The van der Waals surface area contributed by atoms with E-state index in [2.05, 4.69) is 34.2 Å². The number of nitro benzene ring substituents is 1. The molecular formula is C17H30IN5O4S. The van der Waals surface area contributed by atoms with Crippen molar-refractivity contribution in [2.24, 2.45) is 4.99 Å². The zero-order valence-electron chi connectivity index (χ0n) is 16.5. The quantitative estimate of drug-likeness (QED) is 0.102. The molecule has 0 fully saturated rings. The van der Waals surface area contributed by atoms with Crippen LogP contribution in [0.4, 0.5) is 5.69 Å². The van der Waals surface area contributed by atoms with E-state index >= 15 is 0 Å². The van der Waals surface area contributed by atoms with Gasteiger partial charge in [-0.15, -0.1) is 24.0 Å². The van der Waals surface area contributed by atoms with Crippen LogP contribution in [0, 0.1) is 10.1 Å². The van der Waals surface area contributed by atoms with E-state index in [1.54, 1.807) is 7.05 Å². The van der Waals surface area contributed by atoms with Gasteiger partial charge < -0.3 is 10.6 Å². The second-order valence-electron chi connectivity index (χ2n) is 6.19. The Hall–Kier alpha value is -1.47. The molecule has 0 heterocycles. The summed E-state index contributed by atoms with van der Waals surface area (Å²) in [5, 5.41) is 17.1. The number of sulfonamides is 1. The smallest absolute Gasteiger partial charge is 0.270 e. The fraction of sp³-hybridized carbons (Fsp3) is 0.588. The van der Waals surface area contributed by atoms with Crippen LogP contribution >= 0.6 is 24.0 Å². The maximum absolute atomic E-state index is 12.2. The van der Waals surface area contributed by atoms with Crippen LogP contribution in [0.5, 0.6) is 0 Å². The molecule has 0 bridgehead atoms. The number of benzene rings is 1. The van der Waals surface area contributed by atoms with E-state index in [-0.39, 0.29) is 47.1 Å². The summed E-state index contributed by atoms with van der Waals surface area (Å²) in [6.45, 7) is 4.69. The second-order valence-corrected chi connectivity index (χ2v) is 7.96. The maximum Gasteiger partial charge on any atom is 0.270 e. The lowest BCUT2D eigenvalue weighted by atomic mass is 10.1. The minimum atomic E-state index is -3.81. The number of nitro groups is 1. The Morgan fingerprint density at radius 1 is 1.29 bits per heavy atom. The molecule has 0 aliphatic heterocycles. The Bertz CT molecular complexity index is 743. The highest BCUT2D eigenvalue weighted by Crippen LogP contribution is 2.16. The van der Waals surface area contributed by atoms with E-state index in [9.17, 15) is 18.5 Å². The minimum absolute atomic E-state index is 0. The van der Waals surface area contributed by atoms with E-state index in [0.717, 1.165) is 18.9 Å². The molecule has 1 aromatic carbocycles. The number of nitrogens with zero attached hydrogens (tertiary/aromatic N) is 2. The van der Waals surface area contributed by atoms with E-state index < -0.39 is 14.9 Å². The molecule has 1 aromatic rings. The third-order valence-corrected chi connectivity index (χ3v) is 5.35. The van der Waals surface area contributed by atoms with Crippen LogP contribution in [0.25, 0.3) is 0 Å². The molecule has 0 amide bonds. The first-order chi connectivity index (χ1) is 12.8. The molecule has 0 spiro atoms. The lowest BCUT2D eigenvalue weighted by Crippen LogP contribution is -2.44. The van der Waals surface area contributed by atoms with E-state index in [4.69, 9.17) is 0 Å². The number of halogens is 1. The summed E-state index contributed by atoms with van der Waals surface area (Å²) in [6, 6.07) is 5.22. The molecule has 1 rings (SSSR count). The van der Waals surface area contributed by atoms with Crippen molar-refractivity contribution in [1.29, 1.82) is 0 Å². The lowest BCUT2D eigenvalue weighted by molar-refractivity contribution is -0.385. The highest BCUT2D eigenvalue weighted by atomic mass is 127. The molecule has 0 aliphatic rings. The monoisotopic (exact) mass is 527 g/mol. The number of rotatable bonds is 11. The third-order valence-electron chi connectivity index (χ3n) is 3.90. The van der Waals surface area contributed by atoms with Gasteiger partial charge in [-0.05, 0) is 19.4 Å². The van der Waals surface area contributed by atoms with Crippen LogP contribution in [0.3, 0.4) is 0 Å². The molecule has 1 unspecified atom stereocenters. The normalized spacial score (nSPS) is 12.8. The van der Waals surface area contributed by atoms with E-state index in [0.29, 0.717) is 12.5 Å². The summed E-state index contributed by atoms with van der Waals surface area (Å²) in [6.07, 6.45) is 4.54. The SMILES string of the molecule is CCCCCC(C)NC(=NC)NCCNS(=O)(=O)c1cccc([N+](=O)[O-])c1.I. The van der Waals surface area contributed by atoms with Gasteiger partial charge in [0.2, 0.25) is 10.0 Å². The molecule has 0 aliphatic carbocycles. The average Bonchev–Trinajstić information content (AvgIpc) is 2.64. The fourth-order valence-corrected chi connectivity index (χ4v) is 3.49. The number of hydrogen-bond acceptors (Lipinski definition) is 5. The van der Waals surface area contributed by atoms with Crippen LogP contribution in [-0.4, -0.2) is 45.5 Å². The molecule has 0 saturated carbocycles. The zero-order valence-corrected chi connectivity index (χ0v) is 19.6. The largest absolute Gasteiger partial charge is 0.355 e. The third kappa shape index (κ3) is 9.64. The molecule has 0 radical (unpaired) electrons. The van der Waals surface area contributed by atoms with Crippen LogP contribution in [0.15, 0.2) is 34.2 Å². The van der Waals surface area contributed by atoms with Crippen molar-refractivity contribution in [3.05, 3.63) is 34.4 Å². The predicted octanol–water partition coefficient (Wildman–Crippen LogP) is 2.62. The number of non-ortho nitro benzene ring substituents is 1. The summed E-state index contributed by atoms with van der Waals surface area (Å²) in [5.41, 5.74) is -0.266. The second kappa shape index (κ2) is 13.7. The molecule has 28 heavy (non-hydrogen) atoms. The fourth-order valence-electron chi connectivity index (χ4n) is 2.41. The Morgan fingerprint density at radius 3 is 2.61 bits per heavy atom. The van der Waals surface area contributed by atoms with E-state index in [1.807, 2.05) is 0 Å². The number of aliphatic imine (C=N–C) groups is 1. The minimum Gasteiger partial charge on any atom is -0.355 e. The molecule has 3 N–H and O–H groups in total. The van der Waals surface area contributed by atoms with Gasteiger partial charge in [-0.25, -0.2) is 13.1 Å². The average molecular weight is 527 g/mol. The van der Waals surface area contributed by atoms with Crippen molar-refractivity contribution in [1.82, 2.24) is 15.4 Å². The van der Waals surface area contributed by atoms with Gasteiger partial charge in [-0.2, -0.15) is 0 Å². The first kappa shape index (κ1) is 26.5. The summed E-state index contributed by atoms with van der Waals surface area (Å²) >= 11 is 0. The van der Waals surface area contributed by atoms with Crippen molar-refractivity contribution < 1.29 is 13.3 Å². The molecule has 0 aromatic heterocycles. The lowest BCUT2D eigenvalue weighted by Gasteiger charge is -2.18. The Morgan fingerprint density at radius 2 is 2.00 bits per heavy atom. The standard InChI is InChI=1S/C17H29N5O4S.HI/c1-4-5-6-8-14(2)21-17(18-3)19-11-12-20-27(25,26)16-10-7-9-15(13-16)22(23)24;/h7,9-10,13-14,20H,4-6,8,11-12H2,1-3H3,(H2,18,19,21);1H. The van der Waals surface area contributed by atoms with Gasteiger partial charge in [0.1, 0.15) is 0 Å². The molecule has 0 saturated heterocycles. The Balaban J connectivity index is 0.00000729. The van der Waals surface area contributed by atoms with Crippen LogP contribution in [-0.2, 0) is 10.0 Å². The number of nitrogens with one attached hydrogen (secondary N) is 3. The zero-order chi connectivity index (χ0) is 20.3. The summed E-state index contributed by atoms with van der Waals surface area (Å²) < 4.78 is 26.9. The van der Waals surface area contributed by atoms with Gasteiger partial charge in [-0.1, -0.05) is 32.3 Å². The number of hydrogen-bond donors (Lipinski definition) is 3. The van der Waals surface area contributed by atoms with Gasteiger partial charge in [0.05, 0.1) is 9.82 Å². The van der Waals surface area contributed by atoms with Crippen LogP contribution in [0.2, 0.25) is 0 Å². The summed E-state index contributed by atoms with van der Waals surface area (Å²) in [7, 11) is -2.16. The molecule has 9 nitrogen and oxygen atoms in total. The summed E-state index contributed by atoms with van der Waals surface area (Å²) in [4.78, 5) is 14.1. The van der Waals surface area contributed by atoms with Crippen molar-refractivity contribution in [3.63, 3.8) is 0 Å². The highest BCUT2D eigenvalue weighted by Gasteiger charge is 2.17. The topological polar surface area (TPSA) is 126 Å². The van der Waals surface area contributed by atoms with Crippen molar-refractivity contribution in [2.45, 2.75) is 50.5 Å². The maximum atomic E-state index is 12.2. The van der Waals surface area contributed by atoms with Gasteiger partial charge in [0, 0.05) is 38.3 Å². The van der Waals surface area contributed by atoms with Gasteiger partial charge in [0.15, 0.2) is 5.96 Å². The van der Waals surface area contributed by atoms with Crippen molar-refractivity contribution >= 4 is 45.6 Å². The Kier molecular flexibility index (Phi) is 12.9.